The number of hydrogen-bond acceptors (Lipinski definition) is 5. The smallest absolute Gasteiger partial charge is 0.259 e. The molecular formula is C18H24N4O3. The molecule has 1 aliphatic heterocycles. The van der Waals surface area contributed by atoms with Gasteiger partial charge in [-0.15, -0.1) is 0 Å². The van der Waals surface area contributed by atoms with E-state index in [4.69, 9.17) is 9.47 Å². The lowest BCUT2D eigenvalue weighted by atomic mass is 10.0. The minimum Gasteiger partial charge on any atom is -0.481 e. The molecule has 134 valence electrons. The van der Waals surface area contributed by atoms with E-state index in [1.807, 2.05) is 25.8 Å². The number of hydrogen-bond donors (Lipinski definition) is 0. The molecule has 0 saturated carbocycles. The second kappa shape index (κ2) is 7.13. The zero-order valence-electron chi connectivity index (χ0n) is 15.2. The van der Waals surface area contributed by atoms with Gasteiger partial charge in [-0.3, -0.25) is 4.79 Å². The summed E-state index contributed by atoms with van der Waals surface area (Å²) in [6.07, 6.45) is 3.47. The highest BCUT2D eigenvalue weighted by Gasteiger charge is 2.36. The SMILES string of the molecule is CCOc1ncccc1C(=O)N1CCC[C@@H]1c1c(C)nn(C)c1OC. The molecular weight excluding hydrogens is 320 g/mol. The third-order valence-corrected chi connectivity index (χ3v) is 4.54. The second-order valence-corrected chi connectivity index (χ2v) is 6.08. The highest BCUT2D eigenvalue weighted by Crippen LogP contribution is 2.39. The molecule has 0 spiro atoms. The van der Waals surface area contributed by atoms with Gasteiger partial charge in [-0.25, -0.2) is 9.67 Å². The van der Waals surface area contributed by atoms with Crippen LogP contribution in [0.4, 0.5) is 0 Å². The molecule has 7 nitrogen and oxygen atoms in total. The number of methoxy groups -OCH3 is 1. The quantitative estimate of drug-likeness (QED) is 0.833. The normalized spacial score (nSPS) is 17.0. The summed E-state index contributed by atoms with van der Waals surface area (Å²) in [6.45, 7) is 5.00. The summed E-state index contributed by atoms with van der Waals surface area (Å²) >= 11 is 0. The van der Waals surface area contributed by atoms with Crippen molar-refractivity contribution in [2.75, 3.05) is 20.3 Å². The van der Waals surface area contributed by atoms with Gasteiger partial charge in [0.2, 0.25) is 11.8 Å². The number of likely N-dealkylation sites (tertiary alicyclic amines) is 1. The molecule has 0 radical (unpaired) electrons. The van der Waals surface area contributed by atoms with E-state index in [2.05, 4.69) is 10.1 Å². The van der Waals surface area contributed by atoms with E-state index >= 15 is 0 Å². The van der Waals surface area contributed by atoms with Crippen molar-refractivity contribution in [3.63, 3.8) is 0 Å². The highest BCUT2D eigenvalue weighted by molar-refractivity contribution is 5.96. The lowest BCUT2D eigenvalue weighted by Gasteiger charge is -2.25. The topological polar surface area (TPSA) is 69.5 Å². The van der Waals surface area contributed by atoms with Crippen LogP contribution in [0.25, 0.3) is 0 Å². The molecule has 0 N–H and O–H groups in total. The maximum atomic E-state index is 13.2. The fourth-order valence-corrected chi connectivity index (χ4v) is 3.55. The summed E-state index contributed by atoms with van der Waals surface area (Å²) in [6, 6.07) is 3.48. The van der Waals surface area contributed by atoms with Gasteiger partial charge in [0, 0.05) is 19.8 Å². The molecule has 3 heterocycles. The molecule has 1 saturated heterocycles. The second-order valence-electron chi connectivity index (χ2n) is 6.08. The van der Waals surface area contributed by atoms with E-state index in [9.17, 15) is 4.79 Å². The van der Waals surface area contributed by atoms with Crippen molar-refractivity contribution < 1.29 is 14.3 Å². The molecule has 0 aliphatic carbocycles. The van der Waals surface area contributed by atoms with E-state index < -0.39 is 0 Å². The van der Waals surface area contributed by atoms with Crippen molar-refractivity contribution in [1.82, 2.24) is 19.7 Å². The molecule has 7 heteroatoms. The highest BCUT2D eigenvalue weighted by atomic mass is 16.5. The third kappa shape index (κ3) is 3.06. The largest absolute Gasteiger partial charge is 0.481 e. The van der Waals surface area contributed by atoms with E-state index in [0.29, 0.717) is 30.5 Å². The first-order valence-electron chi connectivity index (χ1n) is 8.54. The van der Waals surface area contributed by atoms with Crippen LogP contribution in [0.1, 0.15) is 47.4 Å². The van der Waals surface area contributed by atoms with E-state index in [1.54, 1.807) is 30.1 Å². The zero-order valence-corrected chi connectivity index (χ0v) is 15.2. The Labute approximate surface area is 147 Å². The van der Waals surface area contributed by atoms with Crippen LogP contribution in [-0.2, 0) is 7.05 Å². The first-order valence-corrected chi connectivity index (χ1v) is 8.54. The van der Waals surface area contributed by atoms with Gasteiger partial charge in [-0.2, -0.15) is 5.10 Å². The molecule has 25 heavy (non-hydrogen) atoms. The van der Waals surface area contributed by atoms with Crippen LogP contribution in [0.3, 0.4) is 0 Å². The number of carbonyl (C=O) groups excluding carboxylic acids is 1. The van der Waals surface area contributed by atoms with Crippen LogP contribution < -0.4 is 9.47 Å². The Balaban J connectivity index is 1.96. The number of rotatable bonds is 5. The van der Waals surface area contributed by atoms with Crippen molar-refractivity contribution in [2.45, 2.75) is 32.7 Å². The molecule has 0 aromatic carbocycles. The zero-order chi connectivity index (χ0) is 18.0. The Morgan fingerprint density at radius 1 is 1.44 bits per heavy atom. The first kappa shape index (κ1) is 17.3. The minimum atomic E-state index is -0.0654. The fraction of sp³-hybridized carbons (Fsp3) is 0.500. The van der Waals surface area contributed by atoms with Crippen LogP contribution in [0, 0.1) is 6.92 Å². The van der Waals surface area contributed by atoms with Crippen molar-refractivity contribution in [1.29, 1.82) is 0 Å². The molecule has 1 aliphatic rings. The van der Waals surface area contributed by atoms with E-state index in [1.165, 1.54) is 0 Å². The maximum Gasteiger partial charge on any atom is 0.259 e. The van der Waals surface area contributed by atoms with Crippen LogP contribution in [0.15, 0.2) is 18.3 Å². The average molecular weight is 344 g/mol. The summed E-state index contributed by atoms with van der Waals surface area (Å²) in [7, 11) is 3.49. The van der Waals surface area contributed by atoms with Crippen molar-refractivity contribution >= 4 is 5.91 Å². The average Bonchev–Trinajstić information content (AvgIpc) is 3.18. The summed E-state index contributed by atoms with van der Waals surface area (Å²) in [5.74, 6) is 1.03. The van der Waals surface area contributed by atoms with Crippen molar-refractivity contribution in [3.8, 4) is 11.8 Å². The molecule has 0 bridgehead atoms. The number of aromatic nitrogens is 3. The van der Waals surface area contributed by atoms with Gasteiger partial charge in [-0.05, 0) is 38.8 Å². The lowest BCUT2D eigenvalue weighted by molar-refractivity contribution is 0.0728. The van der Waals surface area contributed by atoms with Gasteiger partial charge in [-0.1, -0.05) is 0 Å². The Kier molecular flexibility index (Phi) is 4.92. The van der Waals surface area contributed by atoms with Crippen LogP contribution in [0.5, 0.6) is 11.8 Å². The molecule has 1 fully saturated rings. The van der Waals surface area contributed by atoms with Gasteiger partial charge in [0.15, 0.2) is 0 Å². The Morgan fingerprint density at radius 3 is 2.96 bits per heavy atom. The van der Waals surface area contributed by atoms with Gasteiger partial charge >= 0.3 is 0 Å². The van der Waals surface area contributed by atoms with E-state index in [-0.39, 0.29) is 11.9 Å². The monoisotopic (exact) mass is 344 g/mol. The molecule has 1 amide bonds. The number of nitrogens with zero attached hydrogens (tertiary/aromatic N) is 4. The fourth-order valence-electron chi connectivity index (χ4n) is 3.55. The number of ether oxygens (including phenoxy) is 2. The Bertz CT molecular complexity index is 772. The first-order chi connectivity index (χ1) is 12.1. The molecule has 2 aromatic heterocycles. The maximum absolute atomic E-state index is 13.2. The Morgan fingerprint density at radius 2 is 2.24 bits per heavy atom. The van der Waals surface area contributed by atoms with Crippen LogP contribution >= 0.6 is 0 Å². The molecule has 0 unspecified atom stereocenters. The van der Waals surface area contributed by atoms with Gasteiger partial charge < -0.3 is 14.4 Å². The molecule has 1 atom stereocenters. The predicted octanol–water partition coefficient (Wildman–Crippen LogP) is 2.51. The predicted molar refractivity (Wildman–Crippen MR) is 92.9 cm³/mol. The summed E-state index contributed by atoms with van der Waals surface area (Å²) < 4.78 is 12.8. The number of amides is 1. The van der Waals surface area contributed by atoms with Crippen LogP contribution in [0.2, 0.25) is 0 Å². The standard InChI is InChI=1S/C18H24N4O3/c1-5-25-16-13(8-6-10-19-16)17(23)22-11-7-9-14(22)15-12(2)20-21(3)18(15)24-4/h6,8,10,14H,5,7,9,11H2,1-4H3/t14-/m1/s1. The van der Waals surface area contributed by atoms with Gasteiger partial charge in [0.25, 0.3) is 5.91 Å². The summed E-state index contributed by atoms with van der Waals surface area (Å²) in [5, 5.41) is 4.46. The molecule has 3 rings (SSSR count). The lowest BCUT2D eigenvalue weighted by Crippen LogP contribution is -2.31. The van der Waals surface area contributed by atoms with E-state index in [0.717, 1.165) is 24.1 Å². The Hall–Kier alpha value is -2.57. The molecule has 2 aromatic rings. The van der Waals surface area contributed by atoms with Gasteiger partial charge in [0.1, 0.15) is 5.56 Å². The summed E-state index contributed by atoms with van der Waals surface area (Å²) in [5.41, 5.74) is 2.37. The number of carbonyl (C=O) groups is 1. The number of aryl methyl sites for hydroxylation is 2. The van der Waals surface area contributed by atoms with Crippen molar-refractivity contribution in [2.24, 2.45) is 7.05 Å². The summed E-state index contributed by atoms with van der Waals surface area (Å²) in [4.78, 5) is 19.3. The van der Waals surface area contributed by atoms with Crippen LogP contribution in [-0.4, -0.2) is 45.8 Å². The third-order valence-electron chi connectivity index (χ3n) is 4.54. The minimum absolute atomic E-state index is 0.0502. The van der Waals surface area contributed by atoms with Crippen molar-refractivity contribution in [3.05, 3.63) is 35.2 Å². The van der Waals surface area contributed by atoms with Gasteiger partial charge in [0.05, 0.1) is 31.0 Å². The number of pyridine rings is 1.